The topological polar surface area (TPSA) is 72.5 Å². The van der Waals surface area contributed by atoms with E-state index in [1.165, 1.54) is 25.3 Å². The van der Waals surface area contributed by atoms with E-state index in [2.05, 4.69) is 4.72 Å². The summed E-state index contributed by atoms with van der Waals surface area (Å²) in [6, 6.07) is 8.06. The molecule has 0 aliphatic heterocycles. The number of aryl methyl sites for hydroxylation is 2. The van der Waals surface area contributed by atoms with Crippen molar-refractivity contribution in [1.82, 2.24) is 4.72 Å². The molecule has 0 aliphatic carbocycles. The highest BCUT2D eigenvalue weighted by atomic mass is 32.2. The molecule has 0 unspecified atom stereocenters. The number of hydrogen-bond acceptors (Lipinski definition) is 4. The van der Waals surface area contributed by atoms with Gasteiger partial charge in [-0.05, 0) is 61.4 Å². The molecule has 0 fully saturated rings. The summed E-state index contributed by atoms with van der Waals surface area (Å²) in [5, 5.41) is 0. The molecular weight excluding hydrogens is 333 g/mol. The van der Waals surface area contributed by atoms with E-state index in [1.807, 2.05) is 0 Å². The van der Waals surface area contributed by atoms with E-state index in [-0.39, 0.29) is 10.5 Å². The fourth-order valence-electron chi connectivity index (χ4n) is 2.25. The predicted molar refractivity (Wildman–Crippen MR) is 88.4 cm³/mol. The van der Waals surface area contributed by atoms with Crippen molar-refractivity contribution in [2.75, 3.05) is 13.7 Å². The van der Waals surface area contributed by atoms with Gasteiger partial charge < -0.3 is 4.74 Å². The van der Waals surface area contributed by atoms with Gasteiger partial charge in [0.2, 0.25) is 10.0 Å². The second kappa shape index (κ2) is 7.11. The van der Waals surface area contributed by atoms with E-state index in [4.69, 9.17) is 4.74 Å². The van der Waals surface area contributed by atoms with E-state index in [1.54, 1.807) is 19.9 Å². The van der Waals surface area contributed by atoms with Gasteiger partial charge in [-0.1, -0.05) is 0 Å². The van der Waals surface area contributed by atoms with E-state index in [9.17, 15) is 17.6 Å². The second-order valence-corrected chi connectivity index (χ2v) is 7.08. The van der Waals surface area contributed by atoms with Crippen LogP contribution in [0.2, 0.25) is 0 Å². The van der Waals surface area contributed by atoms with Gasteiger partial charge in [0.25, 0.3) is 0 Å². The van der Waals surface area contributed by atoms with Crippen LogP contribution in [0.15, 0.2) is 41.3 Å². The maximum Gasteiger partial charge on any atom is 0.241 e. The minimum atomic E-state index is -3.85. The Kier molecular flexibility index (Phi) is 5.36. The van der Waals surface area contributed by atoms with E-state index in [0.717, 1.165) is 12.1 Å². The Morgan fingerprint density at radius 2 is 1.75 bits per heavy atom. The Labute approximate surface area is 140 Å². The Morgan fingerprint density at radius 1 is 1.12 bits per heavy atom. The third-order valence-corrected chi connectivity index (χ3v) is 5.11. The Hall–Kier alpha value is -2.25. The summed E-state index contributed by atoms with van der Waals surface area (Å²) < 4.78 is 45.2. The molecule has 1 N–H and O–H groups in total. The van der Waals surface area contributed by atoms with Crippen LogP contribution in [0.4, 0.5) is 4.39 Å². The van der Waals surface area contributed by atoms with Crippen LogP contribution in [0, 0.1) is 19.7 Å². The highest BCUT2D eigenvalue weighted by Crippen LogP contribution is 2.25. The van der Waals surface area contributed by atoms with Crippen molar-refractivity contribution in [3.8, 4) is 5.75 Å². The van der Waals surface area contributed by atoms with Crippen molar-refractivity contribution in [3.05, 3.63) is 58.9 Å². The summed E-state index contributed by atoms with van der Waals surface area (Å²) in [7, 11) is -2.34. The van der Waals surface area contributed by atoms with Crippen LogP contribution in [-0.4, -0.2) is 27.9 Å². The van der Waals surface area contributed by atoms with Crippen molar-refractivity contribution >= 4 is 15.8 Å². The number of carbonyl (C=O) groups is 1. The van der Waals surface area contributed by atoms with Crippen molar-refractivity contribution in [1.29, 1.82) is 0 Å². The highest BCUT2D eigenvalue weighted by Gasteiger charge is 2.20. The fraction of sp³-hybridized carbons (Fsp3) is 0.235. The van der Waals surface area contributed by atoms with Crippen LogP contribution >= 0.6 is 0 Å². The zero-order valence-electron chi connectivity index (χ0n) is 13.6. The molecule has 0 saturated carbocycles. The van der Waals surface area contributed by atoms with Gasteiger partial charge in [-0.15, -0.1) is 0 Å². The lowest BCUT2D eigenvalue weighted by atomic mass is 10.1. The highest BCUT2D eigenvalue weighted by molar-refractivity contribution is 7.89. The minimum Gasteiger partial charge on any atom is -0.496 e. The lowest BCUT2D eigenvalue weighted by molar-refractivity contribution is 0.0997. The summed E-state index contributed by atoms with van der Waals surface area (Å²) >= 11 is 0. The zero-order chi connectivity index (χ0) is 17.9. The molecule has 2 aromatic carbocycles. The number of nitrogens with one attached hydrogen (secondary N) is 1. The van der Waals surface area contributed by atoms with Crippen molar-refractivity contribution in [2.24, 2.45) is 0 Å². The average molecular weight is 351 g/mol. The third-order valence-electron chi connectivity index (χ3n) is 3.57. The maximum absolute atomic E-state index is 12.9. The SMILES string of the molecule is COc1cc(C)c(S(=O)(=O)NCC(=O)c2ccc(F)cc2)cc1C. The third kappa shape index (κ3) is 3.98. The smallest absolute Gasteiger partial charge is 0.241 e. The number of rotatable bonds is 6. The summed E-state index contributed by atoms with van der Waals surface area (Å²) in [6.45, 7) is 2.98. The number of carbonyl (C=O) groups excluding carboxylic acids is 1. The molecule has 0 heterocycles. The molecule has 2 rings (SSSR count). The number of Topliss-reactive ketones (excluding diaryl/α,β-unsaturated/α-hetero) is 1. The molecule has 0 aliphatic rings. The molecule has 0 saturated heterocycles. The van der Waals surface area contributed by atoms with E-state index < -0.39 is 28.2 Å². The molecule has 2 aromatic rings. The van der Waals surface area contributed by atoms with Crippen molar-refractivity contribution in [3.63, 3.8) is 0 Å². The van der Waals surface area contributed by atoms with Crippen molar-refractivity contribution in [2.45, 2.75) is 18.7 Å². The van der Waals surface area contributed by atoms with Gasteiger partial charge in [-0.3, -0.25) is 4.79 Å². The molecule has 0 atom stereocenters. The van der Waals surface area contributed by atoms with Gasteiger partial charge in [0.1, 0.15) is 11.6 Å². The second-order valence-electron chi connectivity index (χ2n) is 5.34. The van der Waals surface area contributed by atoms with Crippen LogP contribution < -0.4 is 9.46 Å². The number of ketones is 1. The number of methoxy groups -OCH3 is 1. The van der Waals surface area contributed by atoms with Crippen LogP contribution in [0.25, 0.3) is 0 Å². The molecule has 5 nitrogen and oxygen atoms in total. The summed E-state index contributed by atoms with van der Waals surface area (Å²) in [4.78, 5) is 12.1. The Bertz CT molecular complexity index is 861. The van der Waals surface area contributed by atoms with Crippen LogP contribution in [-0.2, 0) is 10.0 Å². The van der Waals surface area contributed by atoms with Gasteiger partial charge >= 0.3 is 0 Å². The summed E-state index contributed by atoms with van der Waals surface area (Å²) in [5.41, 5.74) is 1.43. The maximum atomic E-state index is 12.9. The Balaban J connectivity index is 2.18. The predicted octanol–water partition coefficient (Wildman–Crippen LogP) is 2.61. The number of halogens is 1. The normalized spacial score (nSPS) is 11.3. The number of benzene rings is 2. The quantitative estimate of drug-likeness (QED) is 0.812. The monoisotopic (exact) mass is 351 g/mol. The summed E-state index contributed by atoms with van der Waals surface area (Å²) in [6.07, 6.45) is 0. The molecule has 0 aromatic heterocycles. The van der Waals surface area contributed by atoms with E-state index >= 15 is 0 Å². The molecule has 128 valence electrons. The lowest BCUT2D eigenvalue weighted by Gasteiger charge is -2.12. The van der Waals surface area contributed by atoms with Gasteiger partial charge in [0.15, 0.2) is 5.78 Å². The first-order valence-corrected chi connectivity index (χ1v) is 8.66. The number of sulfonamides is 1. The van der Waals surface area contributed by atoms with Crippen molar-refractivity contribution < 1.29 is 22.3 Å². The first-order valence-electron chi connectivity index (χ1n) is 7.18. The molecule has 0 radical (unpaired) electrons. The average Bonchev–Trinajstić information content (AvgIpc) is 2.55. The fourth-order valence-corrected chi connectivity index (χ4v) is 3.54. The van der Waals surface area contributed by atoms with Gasteiger partial charge in [0.05, 0.1) is 18.6 Å². The first-order chi connectivity index (χ1) is 11.2. The Morgan fingerprint density at radius 3 is 2.33 bits per heavy atom. The summed E-state index contributed by atoms with van der Waals surface area (Å²) in [5.74, 6) is -0.313. The molecule has 0 amide bonds. The molecule has 0 spiro atoms. The largest absolute Gasteiger partial charge is 0.496 e. The van der Waals surface area contributed by atoms with Crippen LogP contribution in [0.1, 0.15) is 21.5 Å². The zero-order valence-corrected chi connectivity index (χ0v) is 14.4. The molecule has 24 heavy (non-hydrogen) atoms. The molecule has 7 heteroatoms. The number of hydrogen-bond donors (Lipinski definition) is 1. The van der Waals surface area contributed by atoms with Crippen LogP contribution in [0.3, 0.4) is 0 Å². The van der Waals surface area contributed by atoms with Gasteiger partial charge in [-0.2, -0.15) is 0 Å². The van der Waals surface area contributed by atoms with Gasteiger partial charge in [-0.25, -0.2) is 17.5 Å². The number of ether oxygens (including phenoxy) is 1. The standard InChI is InChI=1S/C17H18FNO4S/c1-11-9-17(12(2)8-16(11)23-3)24(21,22)19-10-15(20)13-4-6-14(18)7-5-13/h4-9,19H,10H2,1-3H3. The lowest BCUT2D eigenvalue weighted by Crippen LogP contribution is -2.30. The first kappa shape index (κ1) is 18.1. The van der Waals surface area contributed by atoms with Gasteiger partial charge in [0, 0.05) is 5.56 Å². The van der Waals surface area contributed by atoms with E-state index in [0.29, 0.717) is 16.9 Å². The minimum absolute atomic E-state index is 0.0905. The molecular formula is C17H18FNO4S. The van der Waals surface area contributed by atoms with Crippen LogP contribution in [0.5, 0.6) is 5.75 Å². The molecule has 0 bridgehead atoms.